The van der Waals surface area contributed by atoms with E-state index in [1.807, 2.05) is 49.9 Å². The minimum absolute atomic E-state index is 0.0595. The van der Waals surface area contributed by atoms with Gasteiger partial charge >= 0.3 is 6.09 Å². The molecule has 0 saturated carbocycles. The van der Waals surface area contributed by atoms with E-state index >= 15 is 0 Å². The SMILES string of the molecule is COCOc1ccccc1-c1cc2cc(C3CN(C)C4(C3)CN(C(=O)OC(C)(C)C)C4)n(COCC[Si](C)(C)C)c2nn1. The zero-order valence-electron chi connectivity index (χ0n) is 27.0. The van der Waals surface area contributed by atoms with E-state index in [2.05, 4.69) is 53.4 Å². The predicted octanol–water partition coefficient (Wildman–Crippen LogP) is 5.80. The Morgan fingerprint density at radius 1 is 1.12 bits per heavy atom. The van der Waals surface area contributed by atoms with Crippen LogP contribution in [0.1, 0.15) is 38.8 Å². The highest BCUT2D eigenvalue weighted by molar-refractivity contribution is 6.76. The molecule has 2 aromatic heterocycles. The average molecular weight is 610 g/mol. The van der Waals surface area contributed by atoms with Crippen molar-refractivity contribution in [3.8, 4) is 17.0 Å². The molecule has 4 heterocycles. The van der Waals surface area contributed by atoms with Gasteiger partial charge in [0.25, 0.3) is 0 Å². The Morgan fingerprint density at radius 2 is 1.86 bits per heavy atom. The first kappa shape index (κ1) is 31.4. The minimum atomic E-state index is -1.22. The maximum Gasteiger partial charge on any atom is 0.410 e. The smallest absolute Gasteiger partial charge is 0.410 e. The molecular weight excluding hydrogens is 562 g/mol. The summed E-state index contributed by atoms with van der Waals surface area (Å²) in [6.45, 7) is 16.3. The Kier molecular flexibility index (Phi) is 8.91. The summed E-state index contributed by atoms with van der Waals surface area (Å²) in [4.78, 5) is 16.9. The van der Waals surface area contributed by atoms with Gasteiger partial charge in [-0.2, -0.15) is 0 Å². The summed E-state index contributed by atoms with van der Waals surface area (Å²) in [5.74, 6) is 0.965. The van der Waals surface area contributed by atoms with E-state index in [1.54, 1.807) is 7.11 Å². The molecule has 0 radical (unpaired) electrons. The number of rotatable bonds is 10. The molecule has 0 aliphatic carbocycles. The number of aromatic nitrogens is 3. The third-order valence-corrected chi connectivity index (χ3v) is 10.1. The molecule has 0 N–H and O–H groups in total. The normalized spacial score (nSPS) is 18.8. The molecule has 1 aromatic carbocycles. The molecule has 2 aliphatic rings. The number of nitrogens with zero attached hydrogens (tertiary/aromatic N) is 5. The average Bonchev–Trinajstić information content (AvgIpc) is 3.44. The molecule has 1 spiro atoms. The summed E-state index contributed by atoms with van der Waals surface area (Å²) in [6.07, 6.45) is 0.708. The number of amides is 1. The molecule has 2 aliphatic heterocycles. The Balaban J connectivity index is 1.42. The topological polar surface area (TPSA) is 91.2 Å². The van der Waals surface area contributed by atoms with Gasteiger partial charge in [0.1, 0.15) is 18.1 Å². The van der Waals surface area contributed by atoms with E-state index in [4.69, 9.17) is 24.0 Å². The second-order valence-corrected chi connectivity index (χ2v) is 19.9. The van der Waals surface area contributed by atoms with Gasteiger partial charge < -0.3 is 28.4 Å². The van der Waals surface area contributed by atoms with E-state index in [0.717, 1.165) is 47.9 Å². The van der Waals surface area contributed by atoms with Gasteiger partial charge in [0.15, 0.2) is 12.4 Å². The summed E-state index contributed by atoms with van der Waals surface area (Å²) >= 11 is 0. The number of para-hydroxylation sites is 1. The molecule has 5 rings (SSSR count). The van der Waals surface area contributed by atoms with Gasteiger partial charge in [0.2, 0.25) is 0 Å². The van der Waals surface area contributed by atoms with Crippen LogP contribution in [0.4, 0.5) is 4.79 Å². The quantitative estimate of drug-likeness (QED) is 0.162. The summed E-state index contributed by atoms with van der Waals surface area (Å²) in [5, 5.41) is 10.4. The van der Waals surface area contributed by atoms with Crippen LogP contribution in [0.3, 0.4) is 0 Å². The fourth-order valence-corrected chi connectivity index (χ4v) is 6.79. The first-order valence-corrected chi connectivity index (χ1v) is 18.8. The predicted molar refractivity (Wildman–Crippen MR) is 170 cm³/mol. The molecular formula is C32H47N5O5Si. The lowest BCUT2D eigenvalue weighted by Gasteiger charge is -2.51. The number of hydrogen-bond acceptors (Lipinski definition) is 8. The van der Waals surface area contributed by atoms with Crippen molar-refractivity contribution in [1.29, 1.82) is 0 Å². The molecule has 1 unspecified atom stereocenters. The molecule has 3 aromatic rings. The van der Waals surface area contributed by atoms with Crippen molar-refractivity contribution in [3.63, 3.8) is 0 Å². The number of likely N-dealkylation sites (N-methyl/N-ethyl adjacent to an activating group) is 1. The summed E-state index contributed by atoms with van der Waals surface area (Å²) in [6, 6.07) is 13.2. The first-order chi connectivity index (χ1) is 20.3. The van der Waals surface area contributed by atoms with Crippen molar-refractivity contribution in [2.75, 3.05) is 47.2 Å². The molecule has 1 atom stereocenters. The van der Waals surface area contributed by atoms with E-state index in [-0.39, 0.29) is 24.3 Å². The number of ether oxygens (including phenoxy) is 4. The summed E-state index contributed by atoms with van der Waals surface area (Å²) < 4.78 is 25.0. The van der Waals surface area contributed by atoms with Crippen LogP contribution in [-0.2, 0) is 20.9 Å². The minimum Gasteiger partial charge on any atom is -0.467 e. The van der Waals surface area contributed by atoms with Crippen molar-refractivity contribution in [1.82, 2.24) is 24.6 Å². The van der Waals surface area contributed by atoms with Crippen molar-refractivity contribution in [2.24, 2.45) is 0 Å². The van der Waals surface area contributed by atoms with Crippen molar-refractivity contribution in [2.45, 2.75) is 76.7 Å². The van der Waals surface area contributed by atoms with Crippen LogP contribution in [-0.4, -0.2) is 97.1 Å². The standard InChI is InChI=1S/C32H47N5O5Si/c1-31(2,3)42-30(38)36-19-32(20-36)17-24(18-35(32)4)27-16-23-15-26(25-11-9-10-12-28(25)41-22-39-5)33-34-29(23)37(27)21-40-13-14-43(6,7)8/h9-12,15-16,24H,13-14,17-22H2,1-8H3. The van der Waals surface area contributed by atoms with Crippen LogP contribution in [0, 0.1) is 0 Å². The number of likely N-dealkylation sites (tertiary alicyclic amines) is 2. The largest absolute Gasteiger partial charge is 0.467 e. The van der Waals surface area contributed by atoms with Crippen LogP contribution >= 0.6 is 0 Å². The Bertz CT molecular complexity index is 1440. The number of fused-ring (bicyclic) bond motifs is 1. The molecule has 10 nitrogen and oxygen atoms in total. The molecule has 2 fully saturated rings. The van der Waals surface area contributed by atoms with Gasteiger partial charge in [0, 0.05) is 64.0 Å². The number of methoxy groups -OCH3 is 1. The molecule has 43 heavy (non-hydrogen) atoms. The maximum absolute atomic E-state index is 12.7. The Hall–Kier alpha value is -2.99. The summed E-state index contributed by atoms with van der Waals surface area (Å²) in [5.41, 5.74) is 3.06. The molecule has 0 bridgehead atoms. The van der Waals surface area contributed by atoms with Crippen LogP contribution < -0.4 is 4.74 Å². The zero-order valence-corrected chi connectivity index (χ0v) is 28.0. The highest BCUT2D eigenvalue weighted by atomic mass is 28.3. The van der Waals surface area contributed by atoms with Crippen molar-refractivity contribution < 1.29 is 23.7 Å². The lowest BCUT2D eigenvalue weighted by atomic mass is 9.84. The van der Waals surface area contributed by atoms with Gasteiger partial charge in [-0.3, -0.25) is 4.90 Å². The van der Waals surface area contributed by atoms with Crippen molar-refractivity contribution >= 4 is 25.2 Å². The second-order valence-electron chi connectivity index (χ2n) is 14.2. The van der Waals surface area contributed by atoms with Crippen LogP contribution in [0.5, 0.6) is 5.75 Å². The van der Waals surface area contributed by atoms with E-state index in [1.165, 1.54) is 5.69 Å². The molecule has 2 saturated heterocycles. The van der Waals surface area contributed by atoms with Gasteiger partial charge in [-0.1, -0.05) is 31.8 Å². The number of benzene rings is 1. The fraction of sp³-hybridized carbons (Fsp3) is 0.594. The second kappa shape index (κ2) is 12.2. The number of carbonyl (C=O) groups excluding carboxylic acids is 1. The molecule has 234 valence electrons. The lowest BCUT2D eigenvalue weighted by Crippen LogP contribution is -2.68. The maximum atomic E-state index is 12.7. The third-order valence-electron chi connectivity index (χ3n) is 8.36. The highest BCUT2D eigenvalue weighted by Gasteiger charge is 2.54. The Labute approximate surface area is 256 Å². The summed E-state index contributed by atoms with van der Waals surface area (Å²) in [7, 11) is 2.55. The van der Waals surface area contributed by atoms with Crippen molar-refractivity contribution in [3.05, 3.63) is 42.1 Å². The lowest BCUT2D eigenvalue weighted by molar-refractivity contribution is -0.0411. The molecule has 11 heteroatoms. The van der Waals surface area contributed by atoms with E-state index < -0.39 is 13.7 Å². The highest BCUT2D eigenvalue weighted by Crippen LogP contribution is 2.45. The van der Waals surface area contributed by atoms with Gasteiger partial charge in [-0.15, -0.1) is 10.2 Å². The van der Waals surface area contributed by atoms with Crippen LogP contribution in [0.15, 0.2) is 36.4 Å². The molecule has 1 amide bonds. The van der Waals surface area contributed by atoms with Crippen LogP contribution in [0.25, 0.3) is 22.3 Å². The van der Waals surface area contributed by atoms with Gasteiger partial charge in [-0.25, -0.2) is 4.79 Å². The Morgan fingerprint density at radius 3 is 2.56 bits per heavy atom. The monoisotopic (exact) mass is 609 g/mol. The van der Waals surface area contributed by atoms with Gasteiger partial charge in [-0.05, 0) is 64.5 Å². The van der Waals surface area contributed by atoms with E-state index in [0.29, 0.717) is 25.6 Å². The zero-order chi connectivity index (χ0) is 31.0. The first-order valence-electron chi connectivity index (χ1n) is 15.1. The fourth-order valence-electron chi connectivity index (χ4n) is 6.03. The number of carbonyl (C=O) groups is 1. The van der Waals surface area contributed by atoms with Gasteiger partial charge in [0.05, 0.1) is 11.2 Å². The third kappa shape index (κ3) is 7.06. The van der Waals surface area contributed by atoms with Crippen LogP contribution in [0.2, 0.25) is 25.7 Å². The number of hydrogen-bond donors (Lipinski definition) is 0. The van der Waals surface area contributed by atoms with E-state index in [9.17, 15) is 4.79 Å².